The molecule has 0 radical (unpaired) electrons. The molecule has 2 aromatic rings. The molecule has 1 saturated heterocycles. The molecule has 25 heavy (non-hydrogen) atoms. The van der Waals surface area contributed by atoms with E-state index >= 15 is 0 Å². The van der Waals surface area contributed by atoms with Gasteiger partial charge in [-0.15, -0.1) is 0 Å². The maximum Gasteiger partial charge on any atom is 0.225 e. The molecule has 6 nitrogen and oxygen atoms in total. The van der Waals surface area contributed by atoms with Crippen LogP contribution < -0.4 is 19.7 Å². The fraction of sp³-hybridized carbons (Fsp3) is 0.474. The average molecular weight is 342 g/mol. The van der Waals surface area contributed by atoms with Crippen molar-refractivity contribution in [1.29, 1.82) is 0 Å². The second-order valence-corrected chi connectivity index (χ2v) is 6.13. The number of hydrogen-bond donors (Lipinski definition) is 1. The molecule has 0 spiro atoms. The molecule has 1 fully saturated rings. The van der Waals surface area contributed by atoms with Crippen LogP contribution in [0.5, 0.6) is 11.5 Å². The van der Waals surface area contributed by atoms with Crippen LogP contribution in [0.25, 0.3) is 0 Å². The van der Waals surface area contributed by atoms with Crippen molar-refractivity contribution < 1.29 is 9.47 Å². The maximum atomic E-state index is 5.57. The highest BCUT2D eigenvalue weighted by Crippen LogP contribution is 2.28. The fourth-order valence-electron chi connectivity index (χ4n) is 3.14. The molecule has 0 aliphatic carbocycles. The average Bonchev–Trinajstić information content (AvgIpc) is 2.68. The van der Waals surface area contributed by atoms with Crippen LogP contribution in [0, 0.1) is 0 Å². The van der Waals surface area contributed by atoms with Crippen molar-refractivity contribution in [2.45, 2.75) is 32.4 Å². The molecule has 1 aromatic carbocycles. The number of nitrogens with zero attached hydrogens (tertiary/aromatic N) is 3. The molecule has 1 aliphatic rings. The SMILES string of the molecule is CCOc1ccc(CN[C@@H]2CCCN(c3ncccn3)C2)cc1OC. The van der Waals surface area contributed by atoms with Crippen molar-refractivity contribution in [2.24, 2.45) is 0 Å². The summed E-state index contributed by atoms with van der Waals surface area (Å²) in [6.07, 6.45) is 5.90. The molecule has 2 heterocycles. The first kappa shape index (κ1) is 17.5. The number of piperidine rings is 1. The Bertz CT molecular complexity index is 666. The number of nitrogens with one attached hydrogen (secondary N) is 1. The first-order valence-corrected chi connectivity index (χ1v) is 8.85. The van der Waals surface area contributed by atoms with Crippen LogP contribution in [0.15, 0.2) is 36.7 Å². The van der Waals surface area contributed by atoms with Crippen molar-refractivity contribution in [3.63, 3.8) is 0 Å². The Morgan fingerprint density at radius 3 is 2.84 bits per heavy atom. The van der Waals surface area contributed by atoms with Gasteiger partial charge in [-0.25, -0.2) is 9.97 Å². The third kappa shape index (κ3) is 4.60. The minimum absolute atomic E-state index is 0.426. The predicted octanol–water partition coefficient (Wildman–Crippen LogP) is 2.64. The smallest absolute Gasteiger partial charge is 0.225 e. The summed E-state index contributed by atoms with van der Waals surface area (Å²) in [4.78, 5) is 11.0. The predicted molar refractivity (Wildman–Crippen MR) is 98.3 cm³/mol. The zero-order valence-corrected chi connectivity index (χ0v) is 14.9. The van der Waals surface area contributed by atoms with E-state index in [-0.39, 0.29) is 0 Å². The van der Waals surface area contributed by atoms with E-state index in [4.69, 9.17) is 9.47 Å². The van der Waals surface area contributed by atoms with Crippen LogP contribution >= 0.6 is 0 Å². The lowest BCUT2D eigenvalue weighted by molar-refractivity contribution is 0.310. The molecule has 0 amide bonds. The number of rotatable bonds is 7. The zero-order valence-electron chi connectivity index (χ0n) is 14.9. The monoisotopic (exact) mass is 342 g/mol. The van der Waals surface area contributed by atoms with Crippen molar-refractivity contribution in [3.8, 4) is 11.5 Å². The van der Waals surface area contributed by atoms with E-state index in [9.17, 15) is 0 Å². The van der Waals surface area contributed by atoms with Gasteiger partial charge in [-0.2, -0.15) is 0 Å². The number of anilines is 1. The molecular formula is C19H26N4O2. The largest absolute Gasteiger partial charge is 0.493 e. The van der Waals surface area contributed by atoms with Crippen molar-refractivity contribution >= 4 is 5.95 Å². The summed E-state index contributed by atoms with van der Waals surface area (Å²) < 4.78 is 11.0. The Labute approximate surface area is 149 Å². The molecule has 1 aliphatic heterocycles. The fourth-order valence-corrected chi connectivity index (χ4v) is 3.14. The number of ether oxygens (including phenoxy) is 2. The van der Waals surface area contributed by atoms with Crippen LogP contribution in [-0.2, 0) is 6.54 Å². The van der Waals surface area contributed by atoms with Gasteiger partial charge in [0, 0.05) is 38.1 Å². The van der Waals surface area contributed by atoms with E-state index in [2.05, 4.69) is 26.3 Å². The summed E-state index contributed by atoms with van der Waals surface area (Å²) >= 11 is 0. The van der Waals surface area contributed by atoms with Crippen molar-refractivity contribution in [1.82, 2.24) is 15.3 Å². The highest BCUT2D eigenvalue weighted by Gasteiger charge is 2.21. The van der Waals surface area contributed by atoms with Crippen molar-refractivity contribution in [2.75, 3.05) is 31.7 Å². The molecular weight excluding hydrogens is 316 g/mol. The normalized spacial score (nSPS) is 17.4. The Hall–Kier alpha value is -2.34. The molecule has 1 atom stereocenters. The van der Waals surface area contributed by atoms with Gasteiger partial charge < -0.3 is 19.7 Å². The number of benzene rings is 1. The summed E-state index contributed by atoms with van der Waals surface area (Å²) in [5.74, 6) is 2.39. The minimum Gasteiger partial charge on any atom is -0.493 e. The molecule has 6 heteroatoms. The Morgan fingerprint density at radius 2 is 2.08 bits per heavy atom. The van der Waals surface area contributed by atoms with Gasteiger partial charge in [0.1, 0.15) is 0 Å². The first-order valence-electron chi connectivity index (χ1n) is 8.85. The van der Waals surface area contributed by atoms with Gasteiger partial charge >= 0.3 is 0 Å². The lowest BCUT2D eigenvalue weighted by Gasteiger charge is -2.33. The minimum atomic E-state index is 0.426. The molecule has 0 saturated carbocycles. The van der Waals surface area contributed by atoms with Gasteiger partial charge in [-0.05, 0) is 43.5 Å². The Balaban J connectivity index is 1.58. The highest BCUT2D eigenvalue weighted by molar-refractivity contribution is 5.43. The molecule has 1 aromatic heterocycles. The molecule has 3 rings (SSSR count). The van der Waals surface area contributed by atoms with E-state index in [0.717, 1.165) is 49.9 Å². The van der Waals surface area contributed by atoms with Crippen LogP contribution in [0.4, 0.5) is 5.95 Å². The van der Waals surface area contributed by atoms with E-state index in [1.54, 1.807) is 19.5 Å². The lowest BCUT2D eigenvalue weighted by atomic mass is 10.1. The summed E-state index contributed by atoms with van der Waals surface area (Å²) in [7, 11) is 1.67. The van der Waals surface area contributed by atoms with E-state index in [1.165, 1.54) is 5.56 Å². The van der Waals surface area contributed by atoms with E-state index in [1.807, 2.05) is 25.1 Å². The van der Waals surface area contributed by atoms with Crippen LogP contribution in [0.3, 0.4) is 0 Å². The standard InChI is InChI=1S/C19H26N4O2/c1-3-25-17-8-7-15(12-18(17)24-2)13-22-16-6-4-11-23(14-16)19-20-9-5-10-21-19/h5,7-10,12,16,22H,3-4,6,11,13-14H2,1-2H3/t16-/m1/s1. The summed E-state index contributed by atoms with van der Waals surface area (Å²) in [6, 6.07) is 8.38. The van der Waals surface area contributed by atoms with Gasteiger partial charge in [-0.1, -0.05) is 6.07 Å². The highest BCUT2D eigenvalue weighted by atomic mass is 16.5. The topological polar surface area (TPSA) is 59.5 Å². The third-order valence-corrected chi connectivity index (χ3v) is 4.38. The summed E-state index contributed by atoms with van der Waals surface area (Å²) in [5.41, 5.74) is 1.19. The number of aromatic nitrogens is 2. The number of hydrogen-bond acceptors (Lipinski definition) is 6. The van der Waals surface area contributed by atoms with Crippen LogP contribution in [0.2, 0.25) is 0 Å². The zero-order chi connectivity index (χ0) is 17.5. The summed E-state index contributed by atoms with van der Waals surface area (Å²) in [6.45, 7) is 5.35. The van der Waals surface area contributed by atoms with Crippen LogP contribution in [0.1, 0.15) is 25.3 Å². The van der Waals surface area contributed by atoms with Gasteiger partial charge in [0.2, 0.25) is 5.95 Å². The first-order chi connectivity index (χ1) is 12.3. The van der Waals surface area contributed by atoms with Gasteiger partial charge in [0.15, 0.2) is 11.5 Å². The van der Waals surface area contributed by atoms with Crippen molar-refractivity contribution in [3.05, 3.63) is 42.2 Å². The van der Waals surface area contributed by atoms with E-state index in [0.29, 0.717) is 12.6 Å². The Kier molecular flexibility index (Phi) is 6.06. The quantitative estimate of drug-likeness (QED) is 0.835. The third-order valence-electron chi connectivity index (χ3n) is 4.38. The van der Waals surface area contributed by atoms with E-state index < -0.39 is 0 Å². The number of methoxy groups -OCH3 is 1. The lowest BCUT2D eigenvalue weighted by Crippen LogP contribution is -2.46. The molecule has 0 unspecified atom stereocenters. The van der Waals surface area contributed by atoms with Gasteiger partial charge in [-0.3, -0.25) is 0 Å². The molecule has 1 N–H and O–H groups in total. The Morgan fingerprint density at radius 1 is 1.24 bits per heavy atom. The summed E-state index contributed by atoms with van der Waals surface area (Å²) in [5, 5.41) is 3.65. The second-order valence-electron chi connectivity index (χ2n) is 6.13. The van der Waals surface area contributed by atoms with Gasteiger partial charge in [0.25, 0.3) is 0 Å². The van der Waals surface area contributed by atoms with Gasteiger partial charge in [0.05, 0.1) is 13.7 Å². The maximum absolute atomic E-state index is 5.57. The second kappa shape index (κ2) is 8.67. The van der Waals surface area contributed by atoms with Crippen LogP contribution in [-0.4, -0.2) is 42.8 Å². The molecule has 0 bridgehead atoms. The molecule has 134 valence electrons.